The fraction of sp³-hybridized carbons (Fsp3) is 0.300. The number of benzene rings is 2. The first-order chi connectivity index (χ1) is 12.9. The van der Waals surface area contributed by atoms with Gasteiger partial charge in [-0.05, 0) is 50.5 Å². The quantitative estimate of drug-likeness (QED) is 0.744. The van der Waals surface area contributed by atoms with E-state index in [1.54, 1.807) is 49.6 Å². The second-order valence-electron chi connectivity index (χ2n) is 6.16. The summed E-state index contributed by atoms with van der Waals surface area (Å²) >= 11 is 0. The molecular formula is C20H25N3O4. The normalized spacial score (nSPS) is 10.4. The summed E-state index contributed by atoms with van der Waals surface area (Å²) in [5.41, 5.74) is 1.49. The largest absolute Gasteiger partial charge is 0.497 e. The zero-order valence-corrected chi connectivity index (χ0v) is 16.0. The molecule has 0 bridgehead atoms. The molecule has 0 aliphatic heterocycles. The van der Waals surface area contributed by atoms with Gasteiger partial charge in [-0.25, -0.2) is 0 Å². The van der Waals surface area contributed by atoms with Crippen LogP contribution in [0.15, 0.2) is 42.5 Å². The fourth-order valence-corrected chi connectivity index (χ4v) is 2.36. The Morgan fingerprint density at radius 3 is 2.11 bits per heavy atom. The maximum absolute atomic E-state index is 12.5. The Morgan fingerprint density at radius 2 is 1.56 bits per heavy atom. The number of nitrogens with one attached hydrogen (secondary N) is 2. The summed E-state index contributed by atoms with van der Waals surface area (Å²) in [4.78, 5) is 26.5. The lowest BCUT2D eigenvalue weighted by molar-refractivity contribution is 0.0949. The molecule has 0 saturated carbocycles. The van der Waals surface area contributed by atoms with Crippen molar-refractivity contribution >= 4 is 17.5 Å². The number of likely N-dealkylation sites (N-methyl/N-ethyl adjacent to an activating group) is 1. The molecule has 2 aromatic carbocycles. The summed E-state index contributed by atoms with van der Waals surface area (Å²) in [6, 6.07) is 11.6. The molecule has 0 atom stereocenters. The van der Waals surface area contributed by atoms with E-state index in [0.29, 0.717) is 34.9 Å². The Bertz CT molecular complexity index is 788. The van der Waals surface area contributed by atoms with Crippen LogP contribution in [-0.4, -0.2) is 58.1 Å². The first kappa shape index (κ1) is 20.3. The molecule has 144 valence electrons. The summed E-state index contributed by atoms with van der Waals surface area (Å²) in [6.07, 6.45) is 0. The number of carbonyl (C=O) groups is 2. The van der Waals surface area contributed by atoms with Gasteiger partial charge in [-0.3, -0.25) is 9.59 Å². The zero-order chi connectivity index (χ0) is 19.8. The number of methoxy groups -OCH3 is 2. The van der Waals surface area contributed by atoms with Crippen LogP contribution in [0.25, 0.3) is 0 Å². The average molecular weight is 371 g/mol. The van der Waals surface area contributed by atoms with Crippen LogP contribution < -0.4 is 20.1 Å². The van der Waals surface area contributed by atoms with Crippen molar-refractivity contribution in [3.05, 3.63) is 53.6 Å². The molecule has 0 saturated heterocycles. The Balaban J connectivity index is 2.02. The second kappa shape index (κ2) is 9.59. The molecular weight excluding hydrogens is 346 g/mol. The van der Waals surface area contributed by atoms with Gasteiger partial charge in [0.15, 0.2) is 0 Å². The van der Waals surface area contributed by atoms with Crippen molar-refractivity contribution < 1.29 is 19.1 Å². The SMILES string of the molecule is COc1ccc(NC(=O)c2ccc(C(=O)NCCN(C)C)cc2)c(OC)c1. The van der Waals surface area contributed by atoms with Crippen molar-refractivity contribution in [1.82, 2.24) is 10.2 Å². The van der Waals surface area contributed by atoms with Gasteiger partial charge in [0.05, 0.1) is 19.9 Å². The van der Waals surface area contributed by atoms with Gasteiger partial charge in [0, 0.05) is 30.3 Å². The molecule has 27 heavy (non-hydrogen) atoms. The Kier molecular flexibility index (Phi) is 7.19. The molecule has 2 amide bonds. The number of ether oxygens (including phenoxy) is 2. The first-order valence-corrected chi connectivity index (χ1v) is 8.51. The van der Waals surface area contributed by atoms with Gasteiger partial charge in [0.25, 0.3) is 11.8 Å². The van der Waals surface area contributed by atoms with Gasteiger partial charge in [-0.15, -0.1) is 0 Å². The number of anilines is 1. The van der Waals surface area contributed by atoms with Crippen molar-refractivity contribution in [2.24, 2.45) is 0 Å². The van der Waals surface area contributed by atoms with E-state index in [0.717, 1.165) is 6.54 Å². The Hall–Kier alpha value is -3.06. The molecule has 0 aliphatic rings. The minimum atomic E-state index is -0.293. The van der Waals surface area contributed by atoms with Crippen LogP contribution in [0, 0.1) is 0 Å². The highest BCUT2D eigenvalue weighted by Crippen LogP contribution is 2.29. The van der Waals surface area contributed by atoms with Crippen LogP contribution in [0.4, 0.5) is 5.69 Å². The summed E-state index contributed by atoms with van der Waals surface area (Å²) in [5.74, 6) is 0.674. The molecule has 0 heterocycles. The zero-order valence-electron chi connectivity index (χ0n) is 16.0. The van der Waals surface area contributed by atoms with Gasteiger partial charge >= 0.3 is 0 Å². The molecule has 0 aromatic heterocycles. The molecule has 2 aromatic rings. The highest BCUT2D eigenvalue weighted by atomic mass is 16.5. The first-order valence-electron chi connectivity index (χ1n) is 8.51. The smallest absolute Gasteiger partial charge is 0.255 e. The highest BCUT2D eigenvalue weighted by molar-refractivity contribution is 6.05. The van der Waals surface area contributed by atoms with E-state index in [1.807, 2.05) is 19.0 Å². The third kappa shape index (κ3) is 5.72. The molecule has 0 unspecified atom stereocenters. The molecule has 2 rings (SSSR count). The van der Waals surface area contributed by atoms with Crippen LogP contribution in [0.2, 0.25) is 0 Å². The van der Waals surface area contributed by atoms with Crippen molar-refractivity contribution in [1.29, 1.82) is 0 Å². The van der Waals surface area contributed by atoms with Gasteiger partial charge in [-0.1, -0.05) is 0 Å². The maximum atomic E-state index is 12.5. The van der Waals surface area contributed by atoms with E-state index in [9.17, 15) is 9.59 Å². The van der Waals surface area contributed by atoms with E-state index in [2.05, 4.69) is 10.6 Å². The number of amides is 2. The maximum Gasteiger partial charge on any atom is 0.255 e. The van der Waals surface area contributed by atoms with Crippen LogP contribution >= 0.6 is 0 Å². The van der Waals surface area contributed by atoms with Crippen molar-refractivity contribution in [3.8, 4) is 11.5 Å². The molecule has 7 nitrogen and oxygen atoms in total. The van der Waals surface area contributed by atoms with Crippen LogP contribution in [-0.2, 0) is 0 Å². The van der Waals surface area contributed by atoms with Crippen molar-refractivity contribution in [2.45, 2.75) is 0 Å². The average Bonchev–Trinajstić information content (AvgIpc) is 2.68. The summed E-state index contributed by atoms with van der Waals surface area (Å²) < 4.78 is 10.4. The van der Waals surface area contributed by atoms with Crippen LogP contribution in [0.3, 0.4) is 0 Å². The lowest BCUT2D eigenvalue weighted by Crippen LogP contribution is -2.31. The summed E-state index contributed by atoms with van der Waals surface area (Å²) in [6.45, 7) is 1.32. The van der Waals surface area contributed by atoms with Crippen molar-refractivity contribution in [2.75, 3.05) is 46.7 Å². The van der Waals surface area contributed by atoms with E-state index in [-0.39, 0.29) is 11.8 Å². The topological polar surface area (TPSA) is 79.9 Å². The highest BCUT2D eigenvalue weighted by Gasteiger charge is 2.12. The summed E-state index contributed by atoms with van der Waals surface area (Å²) in [7, 11) is 6.97. The lowest BCUT2D eigenvalue weighted by Gasteiger charge is -2.12. The number of rotatable bonds is 8. The van der Waals surface area contributed by atoms with Gasteiger partial charge in [0.1, 0.15) is 11.5 Å². The third-order valence-corrected chi connectivity index (χ3v) is 3.91. The van der Waals surface area contributed by atoms with E-state index in [1.165, 1.54) is 7.11 Å². The van der Waals surface area contributed by atoms with Gasteiger partial charge in [-0.2, -0.15) is 0 Å². The van der Waals surface area contributed by atoms with Crippen molar-refractivity contribution in [3.63, 3.8) is 0 Å². The van der Waals surface area contributed by atoms with E-state index >= 15 is 0 Å². The fourth-order valence-electron chi connectivity index (χ4n) is 2.36. The van der Waals surface area contributed by atoms with E-state index in [4.69, 9.17) is 9.47 Å². The van der Waals surface area contributed by atoms with Gasteiger partial charge < -0.3 is 25.0 Å². The monoisotopic (exact) mass is 371 g/mol. The molecule has 0 fully saturated rings. The minimum Gasteiger partial charge on any atom is -0.497 e. The number of hydrogen-bond acceptors (Lipinski definition) is 5. The minimum absolute atomic E-state index is 0.166. The molecule has 2 N–H and O–H groups in total. The lowest BCUT2D eigenvalue weighted by atomic mass is 10.1. The number of nitrogens with zero attached hydrogens (tertiary/aromatic N) is 1. The molecule has 0 radical (unpaired) electrons. The standard InChI is InChI=1S/C20H25N3O4/c1-23(2)12-11-21-19(24)14-5-7-15(8-6-14)20(25)22-17-10-9-16(26-3)13-18(17)27-4/h5-10,13H,11-12H2,1-4H3,(H,21,24)(H,22,25). The predicted molar refractivity (Wildman–Crippen MR) is 105 cm³/mol. The summed E-state index contributed by atoms with van der Waals surface area (Å²) in [5, 5.41) is 5.63. The van der Waals surface area contributed by atoms with Gasteiger partial charge in [0.2, 0.25) is 0 Å². The van der Waals surface area contributed by atoms with Crippen LogP contribution in [0.5, 0.6) is 11.5 Å². The molecule has 0 aliphatic carbocycles. The van der Waals surface area contributed by atoms with Crippen LogP contribution in [0.1, 0.15) is 20.7 Å². The molecule has 7 heteroatoms. The number of carbonyl (C=O) groups excluding carboxylic acids is 2. The predicted octanol–water partition coefficient (Wildman–Crippen LogP) is 2.25. The second-order valence-corrected chi connectivity index (χ2v) is 6.16. The number of hydrogen-bond donors (Lipinski definition) is 2. The Labute approximate surface area is 159 Å². The Morgan fingerprint density at radius 1 is 0.926 bits per heavy atom. The third-order valence-electron chi connectivity index (χ3n) is 3.91. The molecule has 0 spiro atoms. The van der Waals surface area contributed by atoms with E-state index < -0.39 is 0 Å².